The molecule has 1 fully saturated rings. The molecule has 0 bridgehead atoms. The van der Waals surface area contributed by atoms with Crippen LogP contribution in [0.1, 0.15) is 11.6 Å². The number of carboxylic acid groups (broad SMARTS) is 3. The molecule has 0 radical (unpaired) electrons. The van der Waals surface area contributed by atoms with Gasteiger partial charge in [-0.25, -0.2) is 0 Å². The fourth-order valence-corrected chi connectivity index (χ4v) is 3.56. The Morgan fingerprint density at radius 2 is 1.43 bits per heavy atom. The Bertz CT molecular complexity index is 812. The molecule has 0 aromatic heterocycles. The van der Waals surface area contributed by atoms with Gasteiger partial charge in [-0.2, -0.15) is 4.99 Å². The maximum Gasteiger partial charge on any atom is 0.317 e. The average Bonchev–Trinajstić information content (AvgIpc) is 2.73. The second kappa shape index (κ2) is 11.5. The van der Waals surface area contributed by atoms with Crippen LogP contribution in [0, 0.1) is 0 Å². The summed E-state index contributed by atoms with van der Waals surface area (Å²) in [4.78, 5) is 43.0. The minimum Gasteiger partial charge on any atom is -0.480 e. The lowest BCUT2D eigenvalue weighted by Crippen LogP contribution is -2.42. The van der Waals surface area contributed by atoms with Gasteiger partial charge in [0, 0.05) is 38.8 Å². The molecular weight excluding hydrogens is 412 g/mol. The van der Waals surface area contributed by atoms with Crippen LogP contribution in [-0.2, 0) is 14.4 Å². The molecule has 1 unspecified atom stereocenters. The van der Waals surface area contributed by atoms with Gasteiger partial charge in [-0.05, 0) is 29.9 Å². The highest BCUT2D eigenvalue weighted by atomic mass is 32.1. The highest BCUT2D eigenvalue weighted by molar-refractivity contribution is 7.78. The molecular formula is C19H24N4O6S. The van der Waals surface area contributed by atoms with Crippen LogP contribution in [0.3, 0.4) is 0 Å². The SMILES string of the molecule is O=C(O)CN1CCN(CC(=O)O)CC(c2ccc(N=C=S)cc2)N(CC(=O)O)CC1. The minimum atomic E-state index is -1.02. The van der Waals surface area contributed by atoms with Crippen LogP contribution in [0.5, 0.6) is 0 Å². The zero-order valence-electron chi connectivity index (χ0n) is 16.3. The zero-order chi connectivity index (χ0) is 22.1. The van der Waals surface area contributed by atoms with Gasteiger partial charge in [0.25, 0.3) is 0 Å². The molecule has 10 nitrogen and oxygen atoms in total. The third-order valence-electron chi connectivity index (χ3n) is 4.82. The van der Waals surface area contributed by atoms with E-state index in [9.17, 15) is 24.6 Å². The molecule has 162 valence electrons. The van der Waals surface area contributed by atoms with Crippen LogP contribution in [0.15, 0.2) is 29.3 Å². The van der Waals surface area contributed by atoms with Gasteiger partial charge in [-0.15, -0.1) is 0 Å². The predicted octanol–water partition coefficient (Wildman–Crippen LogP) is 0.635. The maximum atomic E-state index is 11.5. The fraction of sp³-hybridized carbons (Fsp3) is 0.474. The molecule has 1 atom stereocenters. The van der Waals surface area contributed by atoms with Crippen molar-refractivity contribution in [1.29, 1.82) is 0 Å². The molecule has 1 aromatic carbocycles. The van der Waals surface area contributed by atoms with Gasteiger partial charge in [0.15, 0.2) is 0 Å². The van der Waals surface area contributed by atoms with Crippen LogP contribution >= 0.6 is 12.2 Å². The second-order valence-corrected chi connectivity index (χ2v) is 7.16. The minimum absolute atomic E-state index is 0.198. The topological polar surface area (TPSA) is 134 Å². The monoisotopic (exact) mass is 436 g/mol. The number of isothiocyanates is 1. The number of nitrogens with zero attached hydrogens (tertiary/aromatic N) is 4. The van der Waals surface area contributed by atoms with Gasteiger partial charge in [0.05, 0.1) is 30.5 Å². The summed E-state index contributed by atoms with van der Waals surface area (Å²) < 4.78 is 0. The summed E-state index contributed by atoms with van der Waals surface area (Å²) in [6.45, 7) is 1.00. The number of rotatable bonds is 8. The summed E-state index contributed by atoms with van der Waals surface area (Å²) in [5.74, 6) is -3.01. The molecule has 0 amide bonds. The van der Waals surface area contributed by atoms with Gasteiger partial charge in [-0.3, -0.25) is 29.1 Å². The molecule has 0 aliphatic carbocycles. The molecule has 1 aliphatic heterocycles. The lowest BCUT2D eigenvalue weighted by atomic mass is 10.0. The van der Waals surface area contributed by atoms with E-state index in [0.717, 1.165) is 5.56 Å². The first-order chi connectivity index (χ1) is 14.3. The Labute approximate surface area is 179 Å². The third-order valence-corrected chi connectivity index (χ3v) is 4.91. The van der Waals surface area contributed by atoms with Crippen molar-refractivity contribution < 1.29 is 29.7 Å². The molecule has 2 rings (SSSR count). The van der Waals surface area contributed by atoms with Crippen LogP contribution < -0.4 is 0 Å². The number of hydrogen-bond acceptors (Lipinski definition) is 8. The van der Waals surface area contributed by atoms with E-state index in [-0.39, 0.29) is 26.2 Å². The number of aliphatic imine (C=N–C) groups is 1. The van der Waals surface area contributed by atoms with Gasteiger partial charge in [0.1, 0.15) is 0 Å². The first-order valence-corrected chi connectivity index (χ1v) is 9.71. The number of carboxylic acids is 3. The van der Waals surface area contributed by atoms with Gasteiger partial charge in [0.2, 0.25) is 0 Å². The smallest absolute Gasteiger partial charge is 0.317 e. The predicted molar refractivity (Wildman–Crippen MR) is 111 cm³/mol. The lowest BCUT2D eigenvalue weighted by molar-refractivity contribution is -0.140. The van der Waals surface area contributed by atoms with Crippen molar-refractivity contribution in [3.8, 4) is 0 Å². The van der Waals surface area contributed by atoms with Crippen molar-refractivity contribution in [3.05, 3.63) is 29.8 Å². The van der Waals surface area contributed by atoms with Gasteiger partial charge >= 0.3 is 17.9 Å². The number of hydrogen-bond donors (Lipinski definition) is 3. The summed E-state index contributed by atoms with van der Waals surface area (Å²) in [7, 11) is 0. The van der Waals surface area contributed by atoms with E-state index < -0.39 is 23.9 Å². The molecule has 0 saturated carbocycles. The maximum absolute atomic E-state index is 11.5. The van der Waals surface area contributed by atoms with Crippen molar-refractivity contribution in [2.75, 3.05) is 52.4 Å². The largest absolute Gasteiger partial charge is 0.480 e. The van der Waals surface area contributed by atoms with Crippen molar-refractivity contribution in [2.45, 2.75) is 6.04 Å². The Kier molecular flexibility index (Phi) is 9.03. The lowest BCUT2D eigenvalue weighted by Gasteiger charge is -2.33. The highest BCUT2D eigenvalue weighted by Gasteiger charge is 2.28. The van der Waals surface area contributed by atoms with Crippen molar-refractivity contribution in [2.24, 2.45) is 4.99 Å². The fourth-order valence-electron chi connectivity index (χ4n) is 3.46. The van der Waals surface area contributed by atoms with Gasteiger partial charge < -0.3 is 15.3 Å². The van der Waals surface area contributed by atoms with E-state index in [0.29, 0.717) is 31.9 Å². The van der Waals surface area contributed by atoms with Crippen molar-refractivity contribution >= 4 is 41.0 Å². The Hall–Kier alpha value is -2.69. The molecule has 0 spiro atoms. The van der Waals surface area contributed by atoms with E-state index >= 15 is 0 Å². The summed E-state index contributed by atoms with van der Waals surface area (Å²) in [6, 6.07) is 6.68. The van der Waals surface area contributed by atoms with Crippen molar-refractivity contribution in [1.82, 2.24) is 14.7 Å². The van der Waals surface area contributed by atoms with Crippen LogP contribution in [0.2, 0.25) is 0 Å². The van der Waals surface area contributed by atoms with Gasteiger partial charge in [-0.1, -0.05) is 12.1 Å². The summed E-state index contributed by atoms with van der Waals surface area (Å²) in [6.07, 6.45) is 0. The quantitative estimate of drug-likeness (QED) is 0.393. The van der Waals surface area contributed by atoms with E-state index in [4.69, 9.17) is 5.11 Å². The first-order valence-electron chi connectivity index (χ1n) is 9.30. The molecule has 1 heterocycles. The number of aliphatic carboxylic acids is 3. The number of carbonyl (C=O) groups is 3. The van der Waals surface area contributed by atoms with Crippen LogP contribution in [0.25, 0.3) is 0 Å². The molecule has 1 saturated heterocycles. The molecule has 3 N–H and O–H groups in total. The molecule has 30 heavy (non-hydrogen) atoms. The average molecular weight is 436 g/mol. The molecule has 1 aliphatic rings. The van der Waals surface area contributed by atoms with E-state index in [1.54, 1.807) is 39.0 Å². The number of thiocarbonyl (C=S) groups is 1. The second-order valence-electron chi connectivity index (χ2n) is 6.97. The van der Waals surface area contributed by atoms with E-state index in [2.05, 4.69) is 22.4 Å². The standard InChI is InChI=1S/C19H24N4O6S/c24-17(25)10-21-5-6-22(11-18(26)27)9-16(23(8-7-21)12-19(28)29)14-1-3-15(4-2-14)20-13-30/h1-4,16H,5-12H2,(H,24,25)(H,26,27)(H,28,29). The molecule has 1 aromatic rings. The Morgan fingerprint density at radius 1 is 0.900 bits per heavy atom. The van der Waals surface area contributed by atoms with E-state index in [1.165, 1.54) is 0 Å². The Morgan fingerprint density at radius 3 is 2.00 bits per heavy atom. The third kappa shape index (κ3) is 7.62. The van der Waals surface area contributed by atoms with E-state index in [1.807, 2.05) is 0 Å². The number of benzene rings is 1. The normalized spacial score (nSPS) is 19.1. The highest BCUT2D eigenvalue weighted by Crippen LogP contribution is 2.25. The van der Waals surface area contributed by atoms with Crippen LogP contribution in [-0.4, -0.2) is 105 Å². The summed E-state index contributed by atoms with van der Waals surface area (Å²) >= 11 is 4.60. The summed E-state index contributed by atoms with van der Waals surface area (Å²) in [5.41, 5.74) is 1.42. The molecule has 11 heteroatoms. The summed E-state index contributed by atoms with van der Waals surface area (Å²) in [5, 5.41) is 30.1. The Balaban J connectivity index is 2.38. The first kappa shape index (κ1) is 23.6. The van der Waals surface area contributed by atoms with Crippen molar-refractivity contribution in [3.63, 3.8) is 0 Å². The zero-order valence-corrected chi connectivity index (χ0v) is 17.1. The van der Waals surface area contributed by atoms with Crippen LogP contribution in [0.4, 0.5) is 5.69 Å².